The Morgan fingerprint density at radius 2 is 2.21 bits per heavy atom. The van der Waals surface area contributed by atoms with Crippen LogP contribution in [0.4, 0.5) is 0 Å². The van der Waals surface area contributed by atoms with E-state index in [9.17, 15) is 9.90 Å². The molecule has 2 N–H and O–H groups in total. The van der Waals surface area contributed by atoms with Crippen molar-refractivity contribution in [3.05, 3.63) is 33.8 Å². The quantitative estimate of drug-likeness (QED) is 0.804. The van der Waals surface area contributed by atoms with Gasteiger partial charge in [-0.2, -0.15) is 0 Å². The third-order valence-corrected chi connectivity index (χ3v) is 3.12. The van der Waals surface area contributed by atoms with Crippen LogP contribution in [-0.2, 0) is 16.8 Å². The molecule has 0 saturated heterocycles. The Bertz CT molecular complexity index is 402. The maximum Gasteiger partial charge on any atom is 0.340 e. The molecular formula is C10H9BrO3. The van der Waals surface area contributed by atoms with Crippen molar-refractivity contribution in [2.45, 2.75) is 18.4 Å². The molecule has 1 aromatic carbocycles. The van der Waals surface area contributed by atoms with Gasteiger partial charge >= 0.3 is 5.97 Å². The van der Waals surface area contributed by atoms with E-state index in [0.717, 1.165) is 10.0 Å². The predicted octanol–water partition coefficient (Wildman–Crippen LogP) is 1.67. The first-order valence-corrected chi connectivity index (χ1v) is 5.08. The van der Waals surface area contributed by atoms with Crippen molar-refractivity contribution < 1.29 is 15.0 Å². The number of rotatable bonds is 1. The van der Waals surface area contributed by atoms with Gasteiger partial charge < -0.3 is 10.2 Å². The van der Waals surface area contributed by atoms with Crippen LogP contribution in [0.5, 0.6) is 0 Å². The first kappa shape index (κ1) is 9.68. The van der Waals surface area contributed by atoms with Gasteiger partial charge in [0.15, 0.2) is 5.60 Å². The Hall–Kier alpha value is -0.870. The van der Waals surface area contributed by atoms with E-state index in [2.05, 4.69) is 15.9 Å². The van der Waals surface area contributed by atoms with Gasteiger partial charge in [-0.3, -0.25) is 0 Å². The maximum atomic E-state index is 10.9. The van der Waals surface area contributed by atoms with Crippen molar-refractivity contribution in [1.29, 1.82) is 0 Å². The number of hydrogen-bond donors (Lipinski definition) is 2. The van der Waals surface area contributed by atoms with Crippen LogP contribution in [0.15, 0.2) is 22.7 Å². The van der Waals surface area contributed by atoms with Gasteiger partial charge in [-0.25, -0.2) is 4.79 Å². The van der Waals surface area contributed by atoms with Gasteiger partial charge in [-0.05, 0) is 36.1 Å². The molecule has 1 atom stereocenters. The molecule has 1 aromatic rings. The molecule has 1 unspecified atom stereocenters. The number of carboxylic acids is 1. The van der Waals surface area contributed by atoms with Crippen molar-refractivity contribution in [3.63, 3.8) is 0 Å². The lowest BCUT2D eigenvalue weighted by atomic mass is 9.96. The zero-order chi connectivity index (χ0) is 10.3. The van der Waals surface area contributed by atoms with Crippen LogP contribution in [-0.4, -0.2) is 16.2 Å². The Morgan fingerprint density at radius 1 is 1.50 bits per heavy atom. The Kier molecular flexibility index (Phi) is 2.12. The number of carboxylic acid groups (broad SMARTS) is 1. The van der Waals surface area contributed by atoms with Crippen LogP contribution >= 0.6 is 15.9 Å². The first-order chi connectivity index (χ1) is 6.54. The highest BCUT2D eigenvalue weighted by Gasteiger charge is 2.43. The molecule has 0 bridgehead atoms. The molecule has 3 nitrogen and oxygen atoms in total. The standard InChI is InChI=1S/C10H9BrO3/c11-7-1-2-8-6(5-7)3-4-10(8,14)9(12)13/h1-2,5,14H,3-4H2,(H,12,13). The summed E-state index contributed by atoms with van der Waals surface area (Å²) >= 11 is 3.31. The van der Waals surface area contributed by atoms with E-state index < -0.39 is 11.6 Å². The second kappa shape index (κ2) is 3.07. The van der Waals surface area contributed by atoms with Gasteiger partial charge in [0, 0.05) is 4.47 Å². The van der Waals surface area contributed by atoms with Gasteiger partial charge in [-0.15, -0.1) is 0 Å². The van der Waals surface area contributed by atoms with Crippen molar-refractivity contribution in [2.75, 3.05) is 0 Å². The highest BCUT2D eigenvalue weighted by atomic mass is 79.9. The second-order valence-electron chi connectivity index (χ2n) is 3.47. The Morgan fingerprint density at radius 3 is 2.86 bits per heavy atom. The topological polar surface area (TPSA) is 57.5 Å². The van der Waals surface area contributed by atoms with Crippen LogP contribution in [0.1, 0.15) is 17.5 Å². The molecule has 0 fully saturated rings. The number of aliphatic hydroxyl groups is 1. The summed E-state index contributed by atoms with van der Waals surface area (Å²) in [4.78, 5) is 10.9. The molecule has 2 rings (SSSR count). The van der Waals surface area contributed by atoms with E-state index in [-0.39, 0.29) is 6.42 Å². The average Bonchev–Trinajstić information content (AvgIpc) is 2.45. The van der Waals surface area contributed by atoms with Gasteiger partial charge in [0.2, 0.25) is 0 Å². The minimum atomic E-state index is -1.68. The van der Waals surface area contributed by atoms with Crippen LogP contribution in [0, 0.1) is 0 Å². The first-order valence-electron chi connectivity index (χ1n) is 4.29. The van der Waals surface area contributed by atoms with Gasteiger partial charge in [-0.1, -0.05) is 22.0 Å². The van der Waals surface area contributed by atoms with Crippen LogP contribution in [0.3, 0.4) is 0 Å². The minimum absolute atomic E-state index is 0.258. The van der Waals surface area contributed by atoms with Crippen molar-refractivity contribution >= 4 is 21.9 Å². The number of fused-ring (bicyclic) bond motifs is 1. The highest BCUT2D eigenvalue weighted by Crippen LogP contribution is 2.38. The van der Waals surface area contributed by atoms with Crippen LogP contribution in [0.2, 0.25) is 0 Å². The average molecular weight is 257 g/mol. The molecule has 14 heavy (non-hydrogen) atoms. The molecule has 1 aliphatic rings. The second-order valence-corrected chi connectivity index (χ2v) is 4.38. The zero-order valence-electron chi connectivity index (χ0n) is 7.33. The SMILES string of the molecule is O=C(O)C1(O)CCc2cc(Br)ccc21. The highest BCUT2D eigenvalue weighted by molar-refractivity contribution is 9.10. The van der Waals surface area contributed by atoms with Crippen LogP contribution in [0.25, 0.3) is 0 Å². The molecular weight excluding hydrogens is 248 g/mol. The van der Waals surface area contributed by atoms with Crippen LogP contribution < -0.4 is 0 Å². The lowest BCUT2D eigenvalue weighted by molar-refractivity contribution is -0.159. The molecule has 0 aromatic heterocycles. The third kappa shape index (κ3) is 1.26. The third-order valence-electron chi connectivity index (χ3n) is 2.62. The van der Waals surface area contributed by atoms with E-state index >= 15 is 0 Å². The molecule has 0 aliphatic heterocycles. The number of halogens is 1. The molecule has 0 radical (unpaired) electrons. The fraction of sp³-hybridized carbons (Fsp3) is 0.300. The lowest BCUT2D eigenvalue weighted by Crippen LogP contribution is -2.32. The summed E-state index contributed by atoms with van der Waals surface area (Å²) in [6.07, 6.45) is 0.867. The van der Waals surface area contributed by atoms with Crippen molar-refractivity contribution in [1.82, 2.24) is 0 Å². The van der Waals surface area contributed by atoms with E-state index in [0.29, 0.717) is 12.0 Å². The normalized spacial score (nSPS) is 24.7. The zero-order valence-corrected chi connectivity index (χ0v) is 8.91. The summed E-state index contributed by atoms with van der Waals surface area (Å²) in [5.74, 6) is -1.17. The number of hydrogen-bond acceptors (Lipinski definition) is 2. The number of benzene rings is 1. The van der Waals surface area contributed by atoms with E-state index in [1.807, 2.05) is 6.07 Å². The maximum absolute atomic E-state index is 10.9. The summed E-state index contributed by atoms with van der Waals surface area (Å²) in [6.45, 7) is 0. The Labute approximate surface area is 89.5 Å². The monoisotopic (exact) mass is 256 g/mol. The fourth-order valence-corrected chi connectivity index (χ4v) is 2.25. The minimum Gasteiger partial charge on any atom is -0.479 e. The van der Waals surface area contributed by atoms with E-state index in [1.54, 1.807) is 12.1 Å². The van der Waals surface area contributed by atoms with Gasteiger partial charge in [0.25, 0.3) is 0 Å². The van der Waals surface area contributed by atoms with E-state index in [4.69, 9.17) is 5.11 Å². The fourth-order valence-electron chi connectivity index (χ4n) is 1.84. The lowest BCUT2D eigenvalue weighted by Gasteiger charge is -2.17. The number of aliphatic carboxylic acids is 1. The number of aryl methyl sites for hydroxylation is 1. The molecule has 0 saturated carbocycles. The van der Waals surface area contributed by atoms with E-state index in [1.165, 1.54) is 0 Å². The molecule has 0 spiro atoms. The molecule has 74 valence electrons. The molecule has 4 heteroatoms. The van der Waals surface area contributed by atoms with Gasteiger partial charge in [0.1, 0.15) is 0 Å². The predicted molar refractivity (Wildman–Crippen MR) is 54.0 cm³/mol. The van der Waals surface area contributed by atoms with Crippen molar-refractivity contribution in [3.8, 4) is 0 Å². The summed E-state index contributed by atoms with van der Waals surface area (Å²) < 4.78 is 0.908. The molecule has 0 amide bonds. The molecule has 1 aliphatic carbocycles. The summed E-state index contributed by atoms with van der Waals surface area (Å²) in [7, 11) is 0. The number of carbonyl (C=O) groups is 1. The summed E-state index contributed by atoms with van der Waals surface area (Å²) in [5, 5.41) is 18.8. The molecule has 0 heterocycles. The summed E-state index contributed by atoms with van der Waals surface area (Å²) in [5.41, 5.74) is -0.256. The Balaban J connectivity index is 2.55. The summed E-state index contributed by atoms with van der Waals surface area (Å²) in [6, 6.07) is 5.27. The largest absolute Gasteiger partial charge is 0.479 e. The smallest absolute Gasteiger partial charge is 0.340 e. The van der Waals surface area contributed by atoms with Gasteiger partial charge in [0.05, 0.1) is 0 Å². The van der Waals surface area contributed by atoms with Crippen molar-refractivity contribution in [2.24, 2.45) is 0 Å².